The largest absolute Gasteiger partial charge is 0.378 e. The molecule has 102 valence electrons. The molecule has 3 N–H and O–H groups in total. The lowest BCUT2D eigenvalue weighted by Crippen LogP contribution is -2.31. The van der Waals surface area contributed by atoms with Crippen molar-refractivity contribution in [3.8, 4) is 0 Å². The predicted molar refractivity (Wildman–Crippen MR) is 70.8 cm³/mol. The van der Waals surface area contributed by atoms with E-state index in [1.54, 1.807) is 0 Å². The van der Waals surface area contributed by atoms with Crippen molar-refractivity contribution in [2.75, 3.05) is 6.61 Å². The highest BCUT2D eigenvalue weighted by Crippen LogP contribution is 2.22. The Hall–Kier alpha value is -0.910. The number of aromatic nitrogens is 2. The van der Waals surface area contributed by atoms with Crippen LogP contribution in [0.25, 0.3) is 0 Å². The molecule has 2 unspecified atom stereocenters. The molecule has 0 saturated carbocycles. The Bertz CT molecular complexity index is 347. The third-order valence-corrected chi connectivity index (χ3v) is 3.65. The van der Waals surface area contributed by atoms with Gasteiger partial charge in [0.15, 0.2) is 0 Å². The monoisotopic (exact) mass is 252 g/mol. The predicted octanol–water partition coefficient (Wildman–Crippen LogP) is 1.76. The smallest absolute Gasteiger partial charge is 0.127 e. The fourth-order valence-corrected chi connectivity index (χ4v) is 2.57. The van der Waals surface area contributed by atoms with Crippen molar-refractivity contribution in [2.24, 2.45) is 5.84 Å². The Kier molecular flexibility index (Phi) is 5.16. The summed E-state index contributed by atoms with van der Waals surface area (Å²) in [5.41, 5.74) is 2.88. The molecule has 1 aromatic heterocycles. The molecule has 1 saturated heterocycles. The maximum atomic E-state index is 5.75. The highest BCUT2D eigenvalue weighted by molar-refractivity contribution is 4.99. The second-order valence-corrected chi connectivity index (χ2v) is 4.86. The lowest BCUT2D eigenvalue weighted by Gasteiger charge is -2.24. The molecule has 2 heterocycles. The van der Waals surface area contributed by atoms with Gasteiger partial charge in [0, 0.05) is 25.5 Å². The second-order valence-electron chi connectivity index (χ2n) is 4.86. The maximum Gasteiger partial charge on any atom is 0.127 e. The van der Waals surface area contributed by atoms with Gasteiger partial charge >= 0.3 is 0 Å². The Morgan fingerprint density at radius 1 is 1.61 bits per heavy atom. The van der Waals surface area contributed by atoms with E-state index < -0.39 is 0 Å². The first-order chi connectivity index (χ1) is 8.85. The standard InChI is InChI=1S/C13H24N4O/c1-2-17-9-8-15-13(17)12(16-14)7-6-11-5-3-4-10-18-11/h8-9,11-12,16H,2-7,10,14H2,1H3. The molecular formula is C13H24N4O. The van der Waals surface area contributed by atoms with Crippen LogP contribution in [0, 0.1) is 0 Å². The van der Waals surface area contributed by atoms with Gasteiger partial charge in [0.2, 0.25) is 0 Å². The molecule has 1 fully saturated rings. The van der Waals surface area contributed by atoms with Crippen molar-refractivity contribution in [3.63, 3.8) is 0 Å². The average Bonchev–Trinajstić information content (AvgIpc) is 2.89. The molecule has 5 heteroatoms. The summed E-state index contributed by atoms with van der Waals surface area (Å²) >= 11 is 0. The second kappa shape index (κ2) is 6.87. The third kappa shape index (κ3) is 3.31. The van der Waals surface area contributed by atoms with E-state index in [9.17, 15) is 0 Å². The van der Waals surface area contributed by atoms with Crippen LogP contribution in [-0.2, 0) is 11.3 Å². The molecule has 0 aliphatic carbocycles. The average molecular weight is 252 g/mol. The van der Waals surface area contributed by atoms with Crippen molar-refractivity contribution < 1.29 is 4.74 Å². The van der Waals surface area contributed by atoms with Gasteiger partial charge in [-0.15, -0.1) is 0 Å². The molecular weight excluding hydrogens is 228 g/mol. The quantitative estimate of drug-likeness (QED) is 0.598. The summed E-state index contributed by atoms with van der Waals surface area (Å²) in [6.45, 7) is 3.95. The van der Waals surface area contributed by atoms with E-state index in [-0.39, 0.29) is 6.04 Å². The Morgan fingerprint density at radius 2 is 2.50 bits per heavy atom. The van der Waals surface area contributed by atoms with Crippen LogP contribution in [0.15, 0.2) is 12.4 Å². The molecule has 18 heavy (non-hydrogen) atoms. The summed E-state index contributed by atoms with van der Waals surface area (Å²) in [5, 5.41) is 0. The fraction of sp³-hybridized carbons (Fsp3) is 0.769. The summed E-state index contributed by atoms with van der Waals surface area (Å²) in [6.07, 6.45) is 9.92. The number of hydrogen-bond donors (Lipinski definition) is 2. The van der Waals surface area contributed by atoms with Crippen LogP contribution in [0.4, 0.5) is 0 Å². The third-order valence-electron chi connectivity index (χ3n) is 3.65. The molecule has 2 atom stereocenters. The highest BCUT2D eigenvalue weighted by atomic mass is 16.5. The van der Waals surface area contributed by atoms with Gasteiger partial charge in [-0.25, -0.2) is 10.4 Å². The topological polar surface area (TPSA) is 65.1 Å². The van der Waals surface area contributed by atoms with Crippen LogP contribution in [0.3, 0.4) is 0 Å². The Morgan fingerprint density at radius 3 is 3.17 bits per heavy atom. The summed E-state index contributed by atoms with van der Waals surface area (Å²) in [6, 6.07) is 0.116. The minimum Gasteiger partial charge on any atom is -0.378 e. The van der Waals surface area contributed by atoms with Crippen molar-refractivity contribution in [1.82, 2.24) is 15.0 Å². The van der Waals surface area contributed by atoms with Gasteiger partial charge in [-0.2, -0.15) is 0 Å². The van der Waals surface area contributed by atoms with Crippen LogP contribution in [0.1, 0.15) is 50.9 Å². The molecule has 0 bridgehead atoms. The van der Waals surface area contributed by atoms with Crippen LogP contribution in [0.5, 0.6) is 0 Å². The zero-order valence-electron chi connectivity index (χ0n) is 11.1. The molecule has 0 spiro atoms. The zero-order valence-corrected chi connectivity index (χ0v) is 11.1. The number of aryl methyl sites for hydroxylation is 1. The molecule has 0 radical (unpaired) electrons. The number of ether oxygens (including phenoxy) is 1. The van der Waals surface area contributed by atoms with Gasteiger partial charge < -0.3 is 9.30 Å². The number of hydrogen-bond acceptors (Lipinski definition) is 4. The molecule has 5 nitrogen and oxygen atoms in total. The SMILES string of the molecule is CCn1ccnc1C(CCC1CCCCO1)NN. The van der Waals surface area contributed by atoms with E-state index in [0.717, 1.165) is 31.8 Å². The van der Waals surface area contributed by atoms with E-state index in [1.165, 1.54) is 19.3 Å². The zero-order chi connectivity index (χ0) is 12.8. The van der Waals surface area contributed by atoms with Crippen LogP contribution in [-0.4, -0.2) is 22.3 Å². The van der Waals surface area contributed by atoms with Crippen molar-refractivity contribution >= 4 is 0 Å². The number of imidazole rings is 1. The highest BCUT2D eigenvalue weighted by Gasteiger charge is 2.19. The van der Waals surface area contributed by atoms with E-state index in [4.69, 9.17) is 10.6 Å². The van der Waals surface area contributed by atoms with Gasteiger partial charge in [-0.1, -0.05) is 0 Å². The Balaban J connectivity index is 1.88. The van der Waals surface area contributed by atoms with Gasteiger partial charge in [0.25, 0.3) is 0 Å². The summed E-state index contributed by atoms with van der Waals surface area (Å²) in [5.74, 6) is 6.68. The summed E-state index contributed by atoms with van der Waals surface area (Å²) in [4.78, 5) is 4.40. The molecule has 1 aromatic rings. The van der Waals surface area contributed by atoms with Crippen LogP contribution in [0.2, 0.25) is 0 Å². The number of nitrogens with two attached hydrogens (primary N) is 1. The van der Waals surface area contributed by atoms with Gasteiger partial charge in [0.05, 0.1) is 12.1 Å². The summed E-state index contributed by atoms with van der Waals surface area (Å²) in [7, 11) is 0. The lowest BCUT2D eigenvalue weighted by atomic mass is 10.0. The van der Waals surface area contributed by atoms with E-state index >= 15 is 0 Å². The minimum absolute atomic E-state index is 0.116. The first-order valence-electron chi connectivity index (χ1n) is 6.94. The summed E-state index contributed by atoms with van der Waals surface area (Å²) < 4.78 is 7.88. The Labute approximate surface area is 109 Å². The minimum atomic E-state index is 0.116. The van der Waals surface area contributed by atoms with Crippen LogP contribution < -0.4 is 11.3 Å². The molecule has 0 aromatic carbocycles. The van der Waals surface area contributed by atoms with Crippen molar-refractivity contribution in [3.05, 3.63) is 18.2 Å². The van der Waals surface area contributed by atoms with Crippen molar-refractivity contribution in [2.45, 2.75) is 57.7 Å². The number of hydrazine groups is 1. The first kappa shape index (κ1) is 13.5. The van der Waals surface area contributed by atoms with Gasteiger partial charge in [0.1, 0.15) is 5.82 Å². The van der Waals surface area contributed by atoms with E-state index in [0.29, 0.717) is 6.10 Å². The first-order valence-corrected chi connectivity index (χ1v) is 6.94. The normalized spacial score (nSPS) is 22.0. The lowest BCUT2D eigenvalue weighted by molar-refractivity contribution is 0.00835. The molecule has 1 aliphatic rings. The van der Waals surface area contributed by atoms with Crippen molar-refractivity contribution in [1.29, 1.82) is 0 Å². The van der Waals surface area contributed by atoms with E-state index in [1.807, 2.05) is 12.4 Å². The van der Waals surface area contributed by atoms with Gasteiger partial charge in [-0.3, -0.25) is 5.84 Å². The van der Waals surface area contributed by atoms with Gasteiger partial charge in [-0.05, 0) is 39.0 Å². The molecule has 2 rings (SSSR count). The van der Waals surface area contributed by atoms with Crippen LogP contribution >= 0.6 is 0 Å². The van der Waals surface area contributed by atoms with E-state index in [2.05, 4.69) is 21.9 Å². The molecule has 0 amide bonds. The maximum absolute atomic E-state index is 5.75. The number of nitrogens with zero attached hydrogens (tertiary/aromatic N) is 2. The number of nitrogens with one attached hydrogen (secondary N) is 1. The fourth-order valence-electron chi connectivity index (χ4n) is 2.57. The molecule has 1 aliphatic heterocycles. The number of rotatable bonds is 6.